The molecule has 1 saturated heterocycles. The summed E-state index contributed by atoms with van der Waals surface area (Å²) in [5, 5.41) is 5.80. The van der Waals surface area contributed by atoms with Gasteiger partial charge in [0.1, 0.15) is 11.5 Å². The van der Waals surface area contributed by atoms with Crippen LogP contribution in [0, 0.1) is 12.8 Å². The van der Waals surface area contributed by atoms with E-state index in [9.17, 15) is 4.79 Å². The van der Waals surface area contributed by atoms with Crippen LogP contribution in [0.25, 0.3) is 10.8 Å². The summed E-state index contributed by atoms with van der Waals surface area (Å²) in [4.78, 5) is 19.0. The van der Waals surface area contributed by atoms with Crippen molar-refractivity contribution in [1.29, 1.82) is 0 Å². The summed E-state index contributed by atoms with van der Waals surface area (Å²) in [7, 11) is 1.99. The van der Waals surface area contributed by atoms with E-state index in [1.54, 1.807) is 0 Å². The average molecular weight is 370 g/mol. The molecule has 0 saturated carbocycles. The first-order valence-corrected chi connectivity index (χ1v) is 9.01. The minimum atomic E-state index is 0. The predicted octanol–water partition coefficient (Wildman–Crippen LogP) is 3.60. The zero-order chi connectivity index (χ0) is 16.2. The summed E-state index contributed by atoms with van der Waals surface area (Å²) in [5.41, 5.74) is 0.535. The van der Waals surface area contributed by atoms with Crippen molar-refractivity contribution in [2.24, 2.45) is 5.92 Å². The normalized spacial score (nSPS) is 15.3. The summed E-state index contributed by atoms with van der Waals surface area (Å²) in [5.74, 6) is 2.36. The highest BCUT2D eigenvalue weighted by Crippen LogP contribution is 2.27. The fraction of sp³-hybridized carbons (Fsp3) is 0.529. The second-order valence-corrected chi connectivity index (χ2v) is 6.93. The third-order valence-corrected chi connectivity index (χ3v) is 5.24. The number of aromatic nitrogens is 1. The van der Waals surface area contributed by atoms with Crippen molar-refractivity contribution >= 4 is 29.7 Å². The van der Waals surface area contributed by atoms with E-state index in [0.717, 1.165) is 54.9 Å². The topological polar surface area (TPSA) is 58.4 Å². The van der Waals surface area contributed by atoms with E-state index in [1.165, 1.54) is 17.8 Å². The second-order valence-electron chi connectivity index (χ2n) is 6.08. The van der Waals surface area contributed by atoms with Gasteiger partial charge in [0.25, 0.3) is 5.91 Å². The van der Waals surface area contributed by atoms with E-state index in [0.29, 0.717) is 5.69 Å². The maximum atomic E-state index is 12.6. The molecule has 0 aliphatic carbocycles. The maximum absolute atomic E-state index is 12.6. The van der Waals surface area contributed by atoms with Gasteiger partial charge in [-0.2, -0.15) is 0 Å². The van der Waals surface area contributed by atoms with Gasteiger partial charge in [0.05, 0.1) is 0 Å². The summed E-state index contributed by atoms with van der Waals surface area (Å²) >= 11 is 1.46. The number of hydrogen-bond acceptors (Lipinski definition) is 5. The van der Waals surface area contributed by atoms with E-state index in [1.807, 2.05) is 36.4 Å². The predicted molar refractivity (Wildman–Crippen MR) is 99.0 cm³/mol. The Balaban J connectivity index is 0.00000208. The van der Waals surface area contributed by atoms with Crippen LogP contribution in [-0.2, 0) is 0 Å². The van der Waals surface area contributed by atoms with Gasteiger partial charge < -0.3 is 14.6 Å². The number of nitrogens with one attached hydrogen (secondary N) is 1. The highest BCUT2D eigenvalue weighted by atomic mass is 35.5. The third kappa shape index (κ3) is 4.37. The summed E-state index contributed by atoms with van der Waals surface area (Å²) < 4.78 is 5.58. The first kappa shape index (κ1) is 19.0. The molecule has 132 valence electrons. The summed E-state index contributed by atoms with van der Waals surface area (Å²) in [6.45, 7) is 4.62. The van der Waals surface area contributed by atoms with Gasteiger partial charge in [0, 0.05) is 18.5 Å². The molecule has 5 nitrogen and oxygen atoms in total. The van der Waals surface area contributed by atoms with Crippen LogP contribution in [0.3, 0.4) is 0 Å². The van der Waals surface area contributed by atoms with Crippen LogP contribution in [0.15, 0.2) is 21.9 Å². The van der Waals surface area contributed by atoms with Crippen LogP contribution >= 0.6 is 23.7 Å². The number of amides is 1. The Kier molecular flexibility index (Phi) is 6.83. The lowest BCUT2D eigenvalue weighted by Gasteiger charge is -2.31. The monoisotopic (exact) mass is 369 g/mol. The molecule has 1 aliphatic rings. The van der Waals surface area contributed by atoms with Crippen molar-refractivity contribution in [2.45, 2.75) is 26.2 Å². The lowest BCUT2D eigenvalue weighted by atomic mass is 9.93. The van der Waals surface area contributed by atoms with E-state index in [2.05, 4.69) is 10.3 Å². The molecule has 2 aromatic rings. The Labute approximate surface area is 152 Å². The first-order chi connectivity index (χ1) is 11.2. The lowest BCUT2D eigenvalue weighted by Crippen LogP contribution is -2.39. The lowest BCUT2D eigenvalue weighted by molar-refractivity contribution is 0.0682. The first-order valence-electron chi connectivity index (χ1n) is 8.13. The molecule has 0 atom stereocenters. The van der Waals surface area contributed by atoms with Crippen LogP contribution < -0.4 is 5.32 Å². The quantitative estimate of drug-likeness (QED) is 0.874. The maximum Gasteiger partial charge on any atom is 0.273 e. The zero-order valence-electron chi connectivity index (χ0n) is 14.1. The fourth-order valence-electron chi connectivity index (χ4n) is 2.97. The number of aryl methyl sites for hydroxylation is 1. The second kappa shape index (κ2) is 8.65. The van der Waals surface area contributed by atoms with Gasteiger partial charge in [-0.1, -0.05) is 0 Å². The molecule has 1 fully saturated rings. The minimum Gasteiger partial charge on any atom is -0.459 e. The number of carbonyl (C=O) groups is 1. The van der Waals surface area contributed by atoms with E-state index in [4.69, 9.17) is 4.42 Å². The van der Waals surface area contributed by atoms with Crippen molar-refractivity contribution in [3.05, 3.63) is 29.0 Å². The van der Waals surface area contributed by atoms with Gasteiger partial charge in [-0.15, -0.1) is 23.7 Å². The SMILES string of the molecule is CNCCC1CCN(C(=O)c2csc(-c3ccc(C)o3)n2)CC1.Cl. The van der Waals surface area contributed by atoms with E-state index >= 15 is 0 Å². The number of halogens is 1. The van der Waals surface area contributed by atoms with Crippen molar-refractivity contribution in [2.75, 3.05) is 26.7 Å². The van der Waals surface area contributed by atoms with Gasteiger partial charge >= 0.3 is 0 Å². The van der Waals surface area contributed by atoms with Gasteiger partial charge in [0.2, 0.25) is 0 Å². The zero-order valence-corrected chi connectivity index (χ0v) is 15.7. The van der Waals surface area contributed by atoms with Crippen LogP contribution in [0.2, 0.25) is 0 Å². The Morgan fingerprint density at radius 3 is 2.79 bits per heavy atom. The molecule has 0 spiro atoms. The Bertz CT molecular complexity index is 662. The smallest absolute Gasteiger partial charge is 0.273 e. The van der Waals surface area contributed by atoms with Gasteiger partial charge in [-0.05, 0) is 57.8 Å². The molecule has 0 unspecified atom stereocenters. The number of rotatable bonds is 5. The molecular formula is C17H24ClN3O2S. The molecule has 2 aromatic heterocycles. The summed E-state index contributed by atoms with van der Waals surface area (Å²) in [6.07, 6.45) is 3.36. The third-order valence-electron chi connectivity index (χ3n) is 4.38. The van der Waals surface area contributed by atoms with Crippen LogP contribution in [0.4, 0.5) is 0 Å². The molecule has 1 aliphatic heterocycles. The van der Waals surface area contributed by atoms with E-state index in [-0.39, 0.29) is 18.3 Å². The molecule has 0 radical (unpaired) electrons. The summed E-state index contributed by atoms with van der Waals surface area (Å²) in [6, 6.07) is 3.81. The minimum absolute atomic E-state index is 0. The van der Waals surface area contributed by atoms with Crippen molar-refractivity contribution in [1.82, 2.24) is 15.2 Å². The van der Waals surface area contributed by atoms with Crippen molar-refractivity contribution < 1.29 is 9.21 Å². The highest BCUT2D eigenvalue weighted by molar-refractivity contribution is 7.13. The standard InChI is InChI=1S/C17H23N3O2S.ClH/c1-12-3-4-15(22-12)16-19-14(11-23-16)17(21)20-9-6-13(7-10-20)5-8-18-2;/h3-4,11,13,18H,5-10H2,1-2H3;1H. The number of piperidine rings is 1. The largest absolute Gasteiger partial charge is 0.459 e. The van der Waals surface area contributed by atoms with Crippen LogP contribution in [-0.4, -0.2) is 42.5 Å². The molecule has 1 amide bonds. The fourth-order valence-corrected chi connectivity index (χ4v) is 3.72. The molecule has 7 heteroatoms. The van der Waals surface area contributed by atoms with Gasteiger partial charge in [-0.3, -0.25) is 4.79 Å². The number of carbonyl (C=O) groups excluding carboxylic acids is 1. The molecule has 3 rings (SSSR count). The van der Waals surface area contributed by atoms with Gasteiger partial charge in [0.15, 0.2) is 10.8 Å². The van der Waals surface area contributed by atoms with Crippen LogP contribution in [0.1, 0.15) is 35.5 Å². The number of nitrogens with zero attached hydrogens (tertiary/aromatic N) is 2. The Morgan fingerprint density at radius 1 is 1.42 bits per heavy atom. The number of hydrogen-bond donors (Lipinski definition) is 1. The van der Waals surface area contributed by atoms with E-state index < -0.39 is 0 Å². The molecule has 0 aromatic carbocycles. The van der Waals surface area contributed by atoms with Crippen molar-refractivity contribution in [3.63, 3.8) is 0 Å². The van der Waals surface area contributed by atoms with Crippen molar-refractivity contribution in [3.8, 4) is 10.8 Å². The Hall–Kier alpha value is -1.37. The number of furan rings is 1. The van der Waals surface area contributed by atoms with Crippen LogP contribution in [0.5, 0.6) is 0 Å². The average Bonchev–Trinajstić information content (AvgIpc) is 3.21. The number of thiazole rings is 1. The molecule has 24 heavy (non-hydrogen) atoms. The molecule has 1 N–H and O–H groups in total. The molecule has 0 bridgehead atoms. The molecular weight excluding hydrogens is 346 g/mol. The highest BCUT2D eigenvalue weighted by Gasteiger charge is 2.25. The Morgan fingerprint density at radius 2 is 2.17 bits per heavy atom. The van der Waals surface area contributed by atoms with Gasteiger partial charge in [-0.25, -0.2) is 4.98 Å². The molecule has 3 heterocycles. The number of likely N-dealkylation sites (tertiary alicyclic amines) is 1.